The van der Waals surface area contributed by atoms with Gasteiger partial charge in [0, 0.05) is 31.4 Å². The average molecular weight is 258 g/mol. The summed E-state index contributed by atoms with van der Waals surface area (Å²) in [5.41, 5.74) is 4.01. The van der Waals surface area contributed by atoms with Crippen molar-refractivity contribution in [2.45, 2.75) is 39.7 Å². The first-order valence-corrected chi connectivity index (χ1v) is 7.32. The van der Waals surface area contributed by atoms with E-state index in [0.717, 1.165) is 6.54 Å². The van der Waals surface area contributed by atoms with E-state index in [4.69, 9.17) is 0 Å². The molecule has 0 spiro atoms. The van der Waals surface area contributed by atoms with Crippen LogP contribution in [0.1, 0.15) is 32.3 Å². The highest BCUT2D eigenvalue weighted by Crippen LogP contribution is 2.17. The topological polar surface area (TPSA) is 15.3 Å². The molecule has 1 aromatic rings. The Bertz CT molecular complexity index is 425. The predicted octanol–water partition coefficient (Wildman–Crippen LogP) is 3.84. The number of rotatable bonds is 4. The van der Waals surface area contributed by atoms with Gasteiger partial charge in [0.2, 0.25) is 0 Å². The first-order chi connectivity index (χ1) is 9.13. The molecule has 1 N–H and O–H groups in total. The van der Waals surface area contributed by atoms with E-state index in [9.17, 15) is 0 Å². The van der Waals surface area contributed by atoms with Crippen LogP contribution in [-0.2, 0) is 0 Å². The van der Waals surface area contributed by atoms with Gasteiger partial charge in [0.15, 0.2) is 0 Å². The predicted molar refractivity (Wildman–Crippen MR) is 83.7 cm³/mol. The van der Waals surface area contributed by atoms with Gasteiger partial charge < -0.3 is 5.32 Å². The molecule has 1 aromatic carbocycles. The summed E-state index contributed by atoms with van der Waals surface area (Å²) in [6.45, 7) is 10.0. The van der Waals surface area contributed by atoms with Gasteiger partial charge in [0.05, 0.1) is 0 Å². The lowest BCUT2D eigenvalue weighted by atomic mass is 10.0. The number of nitrogens with one attached hydrogen (secondary N) is 1. The van der Waals surface area contributed by atoms with Crippen molar-refractivity contribution in [3.8, 4) is 0 Å². The lowest BCUT2D eigenvalue weighted by molar-refractivity contribution is 0.240. The number of piperidine rings is 1. The summed E-state index contributed by atoms with van der Waals surface area (Å²) in [5.74, 6) is 0. The fourth-order valence-electron chi connectivity index (χ4n) is 2.54. The fraction of sp³-hybridized carbons (Fsp3) is 0.529. The van der Waals surface area contributed by atoms with Crippen LogP contribution < -0.4 is 5.32 Å². The summed E-state index contributed by atoms with van der Waals surface area (Å²) in [7, 11) is 0. The van der Waals surface area contributed by atoms with Gasteiger partial charge in [-0.05, 0) is 51.3 Å². The number of allylic oxidation sites excluding steroid dienone is 1. The minimum absolute atomic E-state index is 0.629. The van der Waals surface area contributed by atoms with E-state index in [-0.39, 0.29) is 0 Å². The second-order valence-electron chi connectivity index (χ2n) is 5.87. The lowest BCUT2D eigenvalue weighted by Gasteiger charge is -2.32. The number of anilines is 1. The number of nitrogens with zero attached hydrogens (tertiary/aromatic N) is 1. The first-order valence-electron chi connectivity index (χ1n) is 7.32. The third kappa shape index (κ3) is 4.71. The van der Waals surface area contributed by atoms with E-state index < -0.39 is 0 Å². The molecule has 0 aliphatic carbocycles. The second kappa shape index (κ2) is 6.76. The Balaban J connectivity index is 1.79. The first kappa shape index (κ1) is 14.1. The van der Waals surface area contributed by atoms with Crippen molar-refractivity contribution in [1.29, 1.82) is 0 Å². The number of benzene rings is 1. The maximum Gasteiger partial charge on any atom is 0.0344 e. The molecular formula is C17H26N2. The zero-order valence-electron chi connectivity index (χ0n) is 12.4. The van der Waals surface area contributed by atoms with Crippen LogP contribution in [0.4, 0.5) is 5.69 Å². The highest BCUT2D eigenvalue weighted by atomic mass is 15.1. The molecule has 0 amide bonds. The third-order valence-electron chi connectivity index (χ3n) is 3.73. The molecule has 104 valence electrons. The molecule has 0 atom stereocenters. The van der Waals surface area contributed by atoms with Crippen molar-refractivity contribution in [2.75, 3.05) is 25.0 Å². The number of hydrogen-bond donors (Lipinski definition) is 1. The Morgan fingerprint density at radius 1 is 1.32 bits per heavy atom. The van der Waals surface area contributed by atoms with Crippen LogP contribution in [0.5, 0.6) is 0 Å². The van der Waals surface area contributed by atoms with E-state index in [0.29, 0.717) is 6.04 Å². The monoisotopic (exact) mass is 258 g/mol. The van der Waals surface area contributed by atoms with Crippen molar-refractivity contribution in [2.24, 2.45) is 0 Å². The summed E-state index contributed by atoms with van der Waals surface area (Å²) in [6, 6.07) is 9.30. The summed E-state index contributed by atoms with van der Waals surface area (Å²) in [4.78, 5) is 2.54. The number of aryl methyl sites for hydroxylation is 1. The standard InChI is InChI=1S/C17H26N2/c1-14(2)7-10-19-11-8-16(9-12-19)18-17-6-4-5-15(3)13-17/h4-7,13,16,18H,8-12H2,1-3H3. The molecule has 0 saturated carbocycles. The Kier molecular flexibility index (Phi) is 5.03. The maximum absolute atomic E-state index is 3.67. The molecule has 19 heavy (non-hydrogen) atoms. The van der Waals surface area contributed by atoms with E-state index in [1.54, 1.807) is 0 Å². The molecule has 1 saturated heterocycles. The van der Waals surface area contributed by atoms with Crippen molar-refractivity contribution < 1.29 is 0 Å². The summed E-state index contributed by atoms with van der Waals surface area (Å²) in [6.07, 6.45) is 4.81. The largest absolute Gasteiger partial charge is 0.382 e. The van der Waals surface area contributed by atoms with E-state index >= 15 is 0 Å². The number of hydrogen-bond acceptors (Lipinski definition) is 2. The highest BCUT2D eigenvalue weighted by molar-refractivity contribution is 5.46. The van der Waals surface area contributed by atoms with Crippen molar-refractivity contribution in [3.05, 3.63) is 41.5 Å². The molecule has 1 heterocycles. The smallest absolute Gasteiger partial charge is 0.0344 e. The zero-order chi connectivity index (χ0) is 13.7. The van der Waals surface area contributed by atoms with Crippen molar-refractivity contribution in [1.82, 2.24) is 4.90 Å². The molecule has 2 heteroatoms. The minimum atomic E-state index is 0.629. The second-order valence-corrected chi connectivity index (χ2v) is 5.87. The van der Waals surface area contributed by atoms with Crippen LogP contribution in [0.3, 0.4) is 0 Å². The fourth-order valence-corrected chi connectivity index (χ4v) is 2.54. The Labute approximate surface area is 117 Å². The van der Waals surface area contributed by atoms with Gasteiger partial charge >= 0.3 is 0 Å². The van der Waals surface area contributed by atoms with Gasteiger partial charge in [-0.2, -0.15) is 0 Å². The zero-order valence-corrected chi connectivity index (χ0v) is 12.4. The molecule has 1 fully saturated rings. The minimum Gasteiger partial charge on any atom is -0.382 e. The van der Waals surface area contributed by atoms with Gasteiger partial charge in [-0.3, -0.25) is 4.90 Å². The average Bonchev–Trinajstić information content (AvgIpc) is 2.38. The van der Waals surface area contributed by atoms with E-state index in [1.165, 1.54) is 42.8 Å². The van der Waals surface area contributed by atoms with Crippen LogP contribution in [0.2, 0.25) is 0 Å². The van der Waals surface area contributed by atoms with Crippen LogP contribution in [0.15, 0.2) is 35.9 Å². The van der Waals surface area contributed by atoms with Crippen LogP contribution >= 0.6 is 0 Å². The van der Waals surface area contributed by atoms with Gasteiger partial charge in [0.1, 0.15) is 0 Å². The summed E-state index contributed by atoms with van der Waals surface area (Å²) < 4.78 is 0. The molecule has 0 aromatic heterocycles. The highest BCUT2D eigenvalue weighted by Gasteiger charge is 2.17. The Morgan fingerprint density at radius 3 is 2.68 bits per heavy atom. The summed E-state index contributed by atoms with van der Waals surface area (Å²) >= 11 is 0. The Hall–Kier alpha value is -1.28. The molecule has 0 radical (unpaired) electrons. The molecule has 2 nitrogen and oxygen atoms in total. The molecule has 0 bridgehead atoms. The van der Waals surface area contributed by atoms with Crippen molar-refractivity contribution in [3.63, 3.8) is 0 Å². The normalized spacial score (nSPS) is 17.2. The third-order valence-corrected chi connectivity index (χ3v) is 3.73. The van der Waals surface area contributed by atoms with Crippen molar-refractivity contribution >= 4 is 5.69 Å². The maximum atomic E-state index is 3.67. The SMILES string of the molecule is CC(C)=CCN1CCC(Nc2cccc(C)c2)CC1. The molecule has 2 rings (SSSR count). The lowest BCUT2D eigenvalue weighted by Crippen LogP contribution is -2.39. The van der Waals surface area contributed by atoms with Gasteiger partial charge in [-0.15, -0.1) is 0 Å². The van der Waals surface area contributed by atoms with Gasteiger partial charge in [-0.25, -0.2) is 0 Å². The van der Waals surface area contributed by atoms with E-state index in [2.05, 4.69) is 61.3 Å². The summed E-state index contributed by atoms with van der Waals surface area (Å²) in [5, 5.41) is 3.67. The number of likely N-dealkylation sites (tertiary alicyclic amines) is 1. The van der Waals surface area contributed by atoms with Gasteiger partial charge in [-0.1, -0.05) is 23.8 Å². The molecule has 0 unspecified atom stereocenters. The van der Waals surface area contributed by atoms with Crippen LogP contribution in [0.25, 0.3) is 0 Å². The van der Waals surface area contributed by atoms with Crippen LogP contribution in [0, 0.1) is 6.92 Å². The molecule has 1 aliphatic heterocycles. The Morgan fingerprint density at radius 2 is 2.05 bits per heavy atom. The van der Waals surface area contributed by atoms with Gasteiger partial charge in [0.25, 0.3) is 0 Å². The van der Waals surface area contributed by atoms with Crippen LogP contribution in [-0.4, -0.2) is 30.6 Å². The molecule has 1 aliphatic rings. The quantitative estimate of drug-likeness (QED) is 0.826. The van der Waals surface area contributed by atoms with E-state index in [1.807, 2.05) is 0 Å². The molecular weight excluding hydrogens is 232 g/mol.